The van der Waals surface area contributed by atoms with Gasteiger partial charge >= 0.3 is 0 Å². The van der Waals surface area contributed by atoms with E-state index in [2.05, 4.69) is 51.3 Å². The summed E-state index contributed by atoms with van der Waals surface area (Å²) in [4.78, 5) is 2.59. The number of hydrogen-bond donors (Lipinski definition) is 0. The van der Waals surface area contributed by atoms with Crippen LogP contribution in [0.1, 0.15) is 47.0 Å². The molecule has 2 aliphatic rings. The third kappa shape index (κ3) is 1.81. The van der Waals surface area contributed by atoms with Crippen LogP contribution in [0.5, 0.6) is 0 Å². The summed E-state index contributed by atoms with van der Waals surface area (Å²) in [6.07, 6.45) is 8.63. The van der Waals surface area contributed by atoms with Gasteiger partial charge in [-0.1, -0.05) is 39.5 Å². The maximum absolute atomic E-state index is 4.38. The molecule has 16 heavy (non-hydrogen) atoms. The Labute approximate surface area is 100 Å². The number of nitrogens with zero attached hydrogens (tertiary/aromatic N) is 1. The smallest absolute Gasteiger partial charge is 0.0325 e. The van der Waals surface area contributed by atoms with E-state index in [0.717, 1.165) is 0 Å². The van der Waals surface area contributed by atoms with E-state index < -0.39 is 0 Å². The van der Waals surface area contributed by atoms with E-state index in [4.69, 9.17) is 0 Å². The second-order valence-corrected chi connectivity index (χ2v) is 6.16. The third-order valence-electron chi connectivity index (χ3n) is 4.69. The minimum Gasteiger partial charge on any atom is -0.369 e. The fourth-order valence-corrected chi connectivity index (χ4v) is 3.15. The minimum atomic E-state index is 0.240. The molecule has 3 atom stereocenters. The second kappa shape index (κ2) is 3.94. The van der Waals surface area contributed by atoms with Crippen LogP contribution < -0.4 is 0 Å². The Morgan fingerprint density at radius 2 is 2.00 bits per heavy atom. The predicted octanol–water partition coefficient (Wildman–Crippen LogP) is 3.98. The fourth-order valence-electron chi connectivity index (χ4n) is 3.15. The first kappa shape index (κ1) is 11.8. The van der Waals surface area contributed by atoms with Gasteiger partial charge in [0.05, 0.1) is 0 Å². The molecule has 2 rings (SSSR count). The Kier molecular flexibility index (Phi) is 2.90. The van der Waals surface area contributed by atoms with Crippen molar-refractivity contribution in [2.75, 3.05) is 0 Å². The van der Waals surface area contributed by atoms with Gasteiger partial charge in [0.2, 0.25) is 0 Å². The van der Waals surface area contributed by atoms with E-state index in [1.165, 1.54) is 25.0 Å². The van der Waals surface area contributed by atoms with E-state index in [1.807, 2.05) is 0 Å². The van der Waals surface area contributed by atoms with E-state index in [0.29, 0.717) is 18.0 Å². The molecule has 0 radical (unpaired) electrons. The lowest BCUT2D eigenvalue weighted by Gasteiger charge is -2.41. The Morgan fingerprint density at radius 3 is 2.69 bits per heavy atom. The van der Waals surface area contributed by atoms with Crippen LogP contribution in [-0.4, -0.2) is 17.0 Å². The zero-order valence-electron chi connectivity index (χ0n) is 11.2. The number of hydrogen-bond acceptors (Lipinski definition) is 1. The van der Waals surface area contributed by atoms with Crippen LogP contribution in [0.4, 0.5) is 0 Å². The van der Waals surface area contributed by atoms with Crippen molar-refractivity contribution in [2.45, 2.75) is 59.0 Å². The van der Waals surface area contributed by atoms with Crippen LogP contribution in [-0.2, 0) is 0 Å². The topological polar surface area (TPSA) is 3.24 Å². The maximum Gasteiger partial charge on any atom is 0.0325 e. The quantitative estimate of drug-likeness (QED) is 0.557. The summed E-state index contributed by atoms with van der Waals surface area (Å²) in [7, 11) is 0. The van der Waals surface area contributed by atoms with E-state index in [-0.39, 0.29) is 5.41 Å². The van der Waals surface area contributed by atoms with Gasteiger partial charge in [0.25, 0.3) is 0 Å². The molecule has 0 aliphatic carbocycles. The highest BCUT2D eigenvalue weighted by atomic mass is 15.2. The molecule has 0 amide bonds. The molecule has 0 unspecified atom stereocenters. The number of fused-ring (bicyclic) bond motifs is 1. The van der Waals surface area contributed by atoms with Crippen molar-refractivity contribution in [2.24, 2.45) is 11.3 Å². The average molecular weight is 219 g/mol. The highest BCUT2D eigenvalue weighted by Crippen LogP contribution is 2.41. The van der Waals surface area contributed by atoms with Gasteiger partial charge in [-0.05, 0) is 31.6 Å². The third-order valence-corrected chi connectivity index (χ3v) is 4.69. The molecule has 1 heteroatoms. The highest BCUT2D eigenvalue weighted by molar-refractivity contribution is 5.16. The van der Waals surface area contributed by atoms with Gasteiger partial charge < -0.3 is 4.90 Å². The van der Waals surface area contributed by atoms with Crippen LogP contribution in [0.3, 0.4) is 0 Å². The average Bonchev–Trinajstić information content (AvgIpc) is 2.56. The molecule has 0 N–H and O–H groups in total. The van der Waals surface area contributed by atoms with Crippen molar-refractivity contribution in [1.29, 1.82) is 0 Å². The Morgan fingerprint density at radius 1 is 1.31 bits per heavy atom. The zero-order valence-corrected chi connectivity index (χ0v) is 11.2. The van der Waals surface area contributed by atoms with E-state index in [1.54, 1.807) is 0 Å². The Bertz CT molecular complexity index is 313. The molecular formula is C15H25N. The molecular weight excluding hydrogens is 194 g/mol. The lowest BCUT2D eigenvalue weighted by molar-refractivity contribution is 0.192. The summed E-state index contributed by atoms with van der Waals surface area (Å²) in [5, 5.41) is 0. The standard InChI is InChI=1S/C15H25N/c1-11-8-9-14-7-6-10-15(4,5)12(2)13(3)16(11)14/h6,10-12,14H,3,7-9H2,1-2,4-5H3/b10-6-/t11-,12-,14+/m1/s1. The zero-order chi connectivity index (χ0) is 11.9. The van der Waals surface area contributed by atoms with Crippen LogP contribution >= 0.6 is 0 Å². The first-order valence-corrected chi connectivity index (χ1v) is 6.58. The first-order valence-electron chi connectivity index (χ1n) is 6.58. The molecule has 1 nitrogen and oxygen atoms in total. The largest absolute Gasteiger partial charge is 0.369 e. The normalized spacial score (nSPS) is 40.1. The van der Waals surface area contributed by atoms with Gasteiger partial charge in [-0.2, -0.15) is 0 Å². The van der Waals surface area contributed by atoms with Crippen molar-refractivity contribution in [3.8, 4) is 0 Å². The fraction of sp³-hybridized carbons (Fsp3) is 0.733. The van der Waals surface area contributed by atoms with Gasteiger partial charge in [-0.15, -0.1) is 0 Å². The summed E-state index contributed by atoms with van der Waals surface area (Å²) in [6.45, 7) is 13.7. The van der Waals surface area contributed by atoms with Gasteiger partial charge in [0, 0.05) is 23.7 Å². The van der Waals surface area contributed by atoms with Crippen molar-refractivity contribution in [1.82, 2.24) is 4.90 Å². The summed E-state index contributed by atoms with van der Waals surface area (Å²) in [6, 6.07) is 1.39. The molecule has 0 bridgehead atoms. The van der Waals surface area contributed by atoms with Crippen molar-refractivity contribution in [3.63, 3.8) is 0 Å². The molecule has 0 aromatic heterocycles. The van der Waals surface area contributed by atoms with Crippen LogP contribution in [0.2, 0.25) is 0 Å². The van der Waals surface area contributed by atoms with Crippen LogP contribution in [0, 0.1) is 11.3 Å². The lowest BCUT2D eigenvalue weighted by Crippen LogP contribution is -2.39. The van der Waals surface area contributed by atoms with Gasteiger partial charge in [-0.3, -0.25) is 0 Å². The number of allylic oxidation sites excluding steroid dienone is 2. The van der Waals surface area contributed by atoms with E-state index in [9.17, 15) is 0 Å². The molecule has 0 aromatic carbocycles. The molecule has 1 saturated heterocycles. The van der Waals surface area contributed by atoms with Gasteiger partial charge in [-0.25, -0.2) is 0 Å². The molecule has 1 fully saturated rings. The summed E-state index contributed by atoms with van der Waals surface area (Å²) in [5.41, 5.74) is 1.59. The monoisotopic (exact) mass is 219 g/mol. The minimum absolute atomic E-state index is 0.240. The molecule has 90 valence electrons. The lowest BCUT2D eigenvalue weighted by atomic mass is 9.76. The predicted molar refractivity (Wildman–Crippen MR) is 70.2 cm³/mol. The highest BCUT2D eigenvalue weighted by Gasteiger charge is 2.37. The van der Waals surface area contributed by atoms with E-state index >= 15 is 0 Å². The van der Waals surface area contributed by atoms with Crippen molar-refractivity contribution < 1.29 is 0 Å². The Balaban J connectivity index is 2.32. The molecule has 2 aliphatic heterocycles. The maximum atomic E-state index is 4.38. The summed E-state index contributed by atoms with van der Waals surface area (Å²) < 4.78 is 0. The molecule has 0 aromatic rings. The molecule has 2 heterocycles. The summed E-state index contributed by atoms with van der Waals surface area (Å²) in [5.74, 6) is 0.534. The first-order chi connectivity index (χ1) is 7.43. The second-order valence-electron chi connectivity index (χ2n) is 6.16. The molecule has 0 saturated carbocycles. The van der Waals surface area contributed by atoms with Crippen LogP contribution in [0.25, 0.3) is 0 Å². The van der Waals surface area contributed by atoms with Crippen molar-refractivity contribution in [3.05, 3.63) is 24.4 Å². The summed E-state index contributed by atoms with van der Waals surface area (Å²) >= 11 is 0. The SMILES string of the molecule is C=C1[C@@H](C)C(C)(C)/C=C\C[C@H]2CC[C@@H](C)N12. The number of rotatable bonds is 0. The van der Waals surface area contributed by atoms with Gasteiger partial charge in [0.15, 0.2) is 0 Å². The van der Waals surface area contributed by atoms with Gasteiger partial charge in [0.1, 0.15) is 0 Å². The van der Waals surface area contributed by atoms with Crippen LogP contribution in [0.15, 0.2) is 24.4 Å². The van der Waals surface area contributed by atoms with Crippen molar-refractivity contribution >= 4 is 0 Å². The Hall–Kier alpha value is -0.720. The molecule has 0 spiro atoms.